The first-order chi connectivity index (χ1) is 11.1. The van der Waals surface area contributed by atoms with Gasteiger partial charge in [0.1, 0.15) is 5.75 Å². The van der Waals surface area contributed by atoms with E-state index in [4.69, 9.17) is 4.74 Å². The second-order valence-corrected chi connectivity index (χ2v) is 4.88. The summed E-state index contributed by atoms with van der Waals surface area (Å²) in [7, 11) is 0. The number of hydrazine groups is 1. The normalized spacial score (nSPS) is 10.3. The van der Waals surface area contributed by atoms with Crippen molar-refractivity contribution in [3.8, 4) is 5.75 Å². The fraction of sp³-hybridized carbons (Fsp3) is 0.111. The zero-order valence-corrected chi connectivity index (χ0v) is 12.8. The summed E-state index contributed by atoms with van der Waals surface area (Å²) in [4.78, 5) is 23.2. The van der Waals surface area contributed by atoms with Crippen LogP contribution in [-0.4, -0.2) is 18.4 Å². The molecule has 0 aliphatic heterocycles. The van der Waals surface area contributed by atoms with E-state index in [1.165, 1.54) is 6.08 Å². The first-order valence-electron chi connectivity index (χ1n) is 7.15. The van der Waals surface area contributed by atoms with Crippen molar-refractivity contribution in [2.75, 3.05) is 6.61 Å². The zero-order valence-electron chi connectivity index (χ0n) is 12.8. The Hall–Kier alpha value is -3.08. The monoisotopic (exact) mass is 310 g/mol. The van der Waals surface area contributed by atoms with E-state index in [9.17, 15) is 9.59 Å². The van der Waals surface area contributed by atoms with Gasteiger partial charge in [0, 0.05) is 6.08 Å². The molecule has 2 amide bonds. The third-order valence-corrected chi connectivity index (χ3v) is 2.94. The molecule has 0 heterocycles. The minimum absolute atomic E-state index is 0.175. The van der Waals surface area contributed by atoms with Crippen molar-refractivity contribution in [1.82, 2.24) is 10.9 Å². The van der Waals surface area contributed by atoms with Crippen LogP contribution >= 0.6 is 0 Å². The molecule has 0 aliphatic carbocycles. The van der Waals surface area contributed by atoms with Gasteiger partial charge in [0.25, 0.3) is 11.8 Å². The Bertz CT molecular complexity index is 679. The van der Waals surface area contributed by atoms with Crippen molar-refractivity contribution in [3.05, 3.63) is 71.8 Å². The lowest BCUT2D eigenvalue weighted by Gasteiger charge is -2.07. The topological polar surface area (TPSA) is 67.4 Å². The van der Waals surface area contributed by atoms with Crippen LogP contribution in [-0.2, 0) is 9.59 Å². The summed E-state index contributed by atoms with van der Waals surface area (Å²) in [5.41, 5.74) is 6.64. The Morgan fingerprint density at radius 2 is 1.70 bits per heavy atom. The number of carbonyl (C=O) groups is 2. The number of nitrogens with one attached hydrogen (secondary N) is 2. The predicted octanol–water partition coefficient (Wildman–Crippen LogP) is 2.23. The number of benzene rings is 2. The van der Waals surface area contributed by atoms with Gasteiger partial charge in [-0.25, -0.2) is 0 Å². The molecule has 2 aromatic carbocycles. The molecule has 23 heavy (non-hydrogen) atoms. The van der Waals surface area contributed by atoms with E-state index in [-0.39, 0.29) is 6.61 Å². The maximum absolute atomic E-state index is 11.6. The Morgan fingerprint density at radius 3 is 2.39 bits per heavy atom. The van der Waals surface area contributed by atoms with Gasteiger partial charge < -0.3 is 4.74 Å². The number of rotatable bonds is 5. The number of hydrogen-bond donors (Lipinski definition) is 2. The fourth-order valence-electron chi connectivity index (χ4n) is 1.72. The molecular formula is C18H18N2O3. The van der Waals surface area contributed by atoms with Gasteiger partial charge in [-0.1, -0.05) is 48.0 Å². The molecule has 0 aliphatic rings. The van der Waals surface area contributed by atoms with Crippen molar-refractivity contribution in [2.24, 2.45) is 0 Å². The highest BCUT2D eigenvalue weighted by molar-refractivity contribution is 5.93. The molecule has 5 heteroatoms. The van der Waals surface area contributed by atoms with Crippen LogP contribution < -0.4 is 15.6 Å². The van der Waals surface area contributed by atoms with Crippen molar-refractivity contribution >= 4 is 17.9 Å². The molecule has 2 N–H and O–H groups in total. The molecule has 0 radical (unpaired) electrons. The molecule has 0 saturated heterocycles. The molecule has 0 unspecified atom stereocenters. The summed E-state index contributed by atoms with van der Waals surface area (Å²) in [5.74, 6) is -0.266. The van der Waals surface area contributed by atoms with Gasteiger partial charge in [0.05, 0.1) is 0 Å². The van der Waals surface area contributed by atoms with Gasteiger partial charge in [-0.2, -0.15) is 0 Å². The van der Waals surface area contributed by atoms with Crippen LogP contribution in [0.3, 0.4) is 0 Å². The summed E-state index contributed by atoms with van der Waals surface area (Å²) in [6, 6.07) is 16.7. The first-order valence-corrected chi connectivity index (χ1v) is 7.15. The lowest BCUT2D eigenvalue weighted by Crippen LogP contribution is -2.43. The van der Waals surface area contributed by atoms with E-state index < -0.39 is 11.8 Å². The summed E-state index contributed by atoms with van der Waals surface area (Å²) in [5, 5.41) is 0. The largest absolute Gasteiger partial charge is 0.484 e. The van der Waals surface area contributed by atoms with E-state index in [1.54, 1.807) is 18.2 Å². The SMILES string of the molecule is Cc1ccc(C=CC(=O)NNC(=O)COc2ccccc2)cc1. The molecule has 0 saturated carbocycles. The average molecular weight is 310 g/mol. The van der Waals surface area contributed by atoms with Crippen molar-refractivity contribution in [1.29, 1.82) is 0 Å². The van der Waals surface area contributed by atoms with Crippen LogP contribution in [0.5, 0.6) is 5.75 Å². The third-order valence-electron chi connectivity index (χ3n) is 2.94. The van der Waals surface area contributed by atoms with Gasteiger partial charge in [-0.05, 0) is 30.7 Å². The molecule has 5 nitrogen and oxygen atoms in total. The van der Waals surface area contributed by atoms with Gasteiger partial charge >= 0.3 is 0 Å². The first kappa shape index (κ1) is 16.3. The fourth-order valence-corrected chi connectivity index (χ4v) is 1.72. The predicted molar refractivity (Wildman–Crippen MR) is 88.4 cm³/mol. The molecule has 2 rings (SSSR count). The molecule has 0 aromatic heterocycles. The van der Waals surface area contributed by atoms with E-state index in [0.717, 1.165) is 11.1 Å². The molecule has 118 valence electrons. The summed E-state index contributed by atoms with van der Waals surface area (Å²) in [6.45, 7) is 1.82. The zero-order chi connectivity index (χ0) is 16.5. The van der Waals surface area contributed by atoms with Crippen LogP contribution in [0.1, 0.15) is 11.1 Å². The van der Waals surface area contributed by atoms with Gasteiger partial charge in [0.2, 0.25) is 0 Å². The smallest absolute Gasteiger partial charge is 0.276 e. The van der Waals surface area contributed by atoms with Crippen LogP contribution in [0.2, 0.25) is 0 Å². The summed E-state index contributed by atoms with van der Waals surface area (Å²) in [6.07, 6.45) is 3.02. The minimum Gasteiger partial charge on any atom is -0.484 e. The van der Waals surface area contributed by atoms with Crippen LogP contribution in [0.25, 0.3) is 6.08 Å². The Labute approximate surface area is 134 Å². The highest BCUT2D eigenvalue weighted by atomic mass is 16.5. The highest BCUT2D eigenvalue weighted by Gasteiger charge is 2.03. The van der Waals surface area contributed by atoms with Gasteiger partial charge in [0.15, 0.2) is 6.61 Å². The van der Waals surface area contributed by atoms with Crippen LogP contribution in [0.15, 0.2) is 60.7 Å². The molecular weight excluding hydrogens is 292 g/mol. The quantitative estimate of drug-likeness (QED) is 0.657. The molecule has 2 aromatic rings. The number of aryl methyl sites for hydroxylation is 1. The summed E-state index contributed by atoms with van der Waals surface area (Å²) < 4.78 is 5.26. The molecule has 0 bridgehead atoms. The minimum atomic E-state index is -0.439. The highest BCUT2D eigenvalue weighted by Crippen LogP contribution is 2.07. The molecule has 0 spiro atoms. The Morgan fingerprint density at radius 1 is 1.00 bits per heavy atom. The second kappa shape index (κ2) is 8.38. The second-order valence-electron chi connectivity index (χ2n) is 4.88. The average Bonchev–Trinajstić information content (AvgIpc) is 2.58. The Balaban J connectivity index is 1.71. The van der Waals surface area contributed by atoms with Crippen molar-refractivity contribution in [2.45, 2.75) is 6.92 Å². The van der Waals surface area contributed by atoms with E-state index in [0.29, 0.717) is 5.75 Å². The third kappa shape index (κ3) is 6.05. The molecule has 0 atom stereocenters. The molecule has 0 fully saturated rings. The van der Waals surface area contributed by atoms with E-state index >= 15 is 0 Å². The maximum Gasteiger partial charge on any atom is 0.276 e. The van der Waals surface area contributed by atoms with Crippen molar-refractivity contribution in [3.63, 3.8) is 0 Å². The Kier molecular flexibility index (Phi) is 5.94. The van der Waals surface area contributed by atoms with Gasteiger partial charge in [-0.3, -0.25) is 20.4 Å². The van der Waals surface area contributed by atoms with E-state index in [1.807, 2.05) is 49.4 Å². The number of carbonyl (C=O) groups excluding carboxylic acids is 2. The number of hydrogen-bond acceptors (Lipinski definition) is 3. The van der Waals surface area contributed by atoms with Crippen LogP contribution in [0, 0.1) is 6.92 Å². The number of para-hydroxylation sites is 1. The summed E-state index contributed by atoms with van der Waals surface area (Å²) >= 11 is 0. The lowest BCUT2D eigenvalue weighted by atomic mass is 10.1. The number of amides is 2. The number of ether oxygens (including phenoxy) is 1. The van der Waals surface area contributed by atoms with Crippen LogP contribution in [0.4, 0.5) is 0 Å². The lowest BCUT2D eigenvalue weighted by molar-refractivity contribution is -0.128. The van der Waals surface area contributed by atoms with Gasteiger partial charge in [-0.15, -0.1) is 0 Å². The van der Waals surface area contributed by atoms with Crippen molar-refractivity contribution < 1.29 is 14.3 Å². The standard InChI is InChI=1S/C18H18N2O3/c1-14-7-9-15(10-8-14)11-12-17(21)19-20-18(22)13-23-16-5-3-2-4-6-16/h2-12H,13H2,1H3,(H,19,21)(H,20,22). The van der Waals surface area contributed by atoms with E-state index in [2.05, 4.69) is 10.9 Å². The maximum atomic E-state index is 11.6.